The Morgan fingerprint density at radius 3 is 2.45 bits per heavy atom. The third-order valence-corrected chi connectivity index (χ3v) is 2.79. The number of aromatic nitrogens is 2. The van der Waals surface area contributed by atoms with Gasteiger partial charge in [0, 0.05) is 11.8 Å². The third-order valence-electron chi connectivity index (χ3n) is 2.79. The summed E-state index contributed by atoms with van der Waals surface area (Å²) in [5.41, 5.74) is 7.01. The Kier molecular flexibility index (Phi) is 3.65. The quantitative estimate of drug-likeness (QED) is 0.937. The number of rotatable bonds is 3. The number of anilines is 1. The van der Waals surface area contributed by atoms with Crippen LogP contribution in [0.25, 0.3) is 11.3 Å². The predicted molar refractivity (Wildman–Crippen MR) is 73.7 cm³/mol. The van der Waals surface area contributed by atoms with Crippen LogP contribution in [0.3, 0.4) is 0 Å². The Morgan fingerprint density at radius 1 is 1.25 bits per heavy atom. The van der Waals surface area contributed by atoms with Crippen molar-refractivity contribution in [3.8, 4) is 17.0 Å². The zero-order valence-electron chi connectivity index (χ0n) is 11.6. The molecule has 1 aromatic heterocycles. The number of nitrogens with zero attached hydrogens (tertiary/aromatic N) is 2. The minimum absolute atomic E-state index is 0.0633. The number of nitrogen functional groups attached to an aromatic ring is 1. The van der Waals surface area contributed by atoms with E-state index >= 15 is 0 Å². The second-order valence-corrected chi connectivity index (χ2v) is 5.42. The molecular formula is C14H17F2N3O. The van der Waals surface area contributed by atoms with Crippen molar-refractivity contribution in [1.82, 2.24) is 9.78 Å². The van der Waals surface area contributed by atoms with Crippen LogP contribution in [-0.2, 0) is 5.54 Å². The minimum Gasteiger partial charge on any atom is -0.434 e. The normalized spacial score (nSPS) is 11.9. The zero-order valence-corrected chi connectivity index (χ0v) is 11.6. The summed E-state index contributed by atoms with van der Waals surface area (Å²) in [4.78, 5) is 0. The van der Waals surface area contributed by atoms with Crippen molar-refractivity contribution >= 4 is 5.69 Å². The molecule has 0 saturated carbocycles. The number of halogens is 2. The molecule has 20 heavy (non-hydrogen) atoms. The van der Waals surface area contributed by atoms with Gasteiger partial charge in [0.1, 0.15) is 11.4 Å². The monoisotopic (exact) mass is 281 g/mol. The number of para-hydroxylation sites is 1. The van der Waals surface area contributed by atoms with E-state index in [1.165, 1.54) is 6.07 Å². The molecule has 0 bridgehead atoms. The lowest BCUT2D eigenvalue weighted by molar-refractivity contribution is -0.0494. The first kappa shape index (κ1) is 14.3. The molecule has 0 saturated heterocycles. The van der Waals surface area contributed by atoms with Crippen LogP contribution >= 0.6 is 0 Å². The van der Waals surface area contributed by atoms with Gasteiger partial charge in [0.2, 0.25) is 0 Å². The van der Waals surface area contributed by atoms with Crippen molar-refractivity contribution in [2.24, 2.45) is 0 Å². The lowest BCUT2D eigenvalue weighted by Gasteiger charge is -2.18. The molecular weight excluding hydrogens is 264 g/mol. The first-order valence-corrected chi connectivity index (χ1v) is 6.19. The van der Waals surface area contributed by atoms with Crippen LogP contribution in [0.2, 0.25) is 0 Å². The largest absolute Gasteiger partial charge is 0.434 e. The highest BCUT2D eigenvalue weighted by atomic mass is 19.3. The van der Waals surface area contributed by atoms with Crippen molar-refractivity contribution in [3.05, 3.63) is 30.5 Å². The first-order chi connectivity index (χ1) is 9.29. The lowest BCUT2D eigenvalue weighted by atomic mass is 10.1. The molecule has 2 N–H and O–H groups in total. The van der Waals surface area contributed by atoms with Crippen LogP contribution < -0.4 is 10.5 Å². The highest BCUT2D eigenvalue weighted by molar-refractivity contribution is 5.76. The Labute approximate surface area is 116 Å². The topological polar surface area (TPSA) is 53.1 Å². The number of nitrogens with two attached hydrogens (primary N) is 1. The summed E-state index contributed by atoms with van der Waals surface area (Å²) >= 11 is 0. The van der Waals surface area contributed by atoms with Gasteiger partial charge in [-0.15, -0.1) is 0 Å². The summed E-state index contributed by atoms with van der Waals surface area (Å²) in [6.45, 7) is 3.04. The van der Waals surface area contributed by atoms with E-state index in [1.807, 2.05) is 20.8 Å². The van der Waals surface area contributed by atoms with Crippen LogP contribution in [0, 0.1) is 0 Å². The van der Waals surface area contributed by atoms with Crippen LogP contribution in [-0.4, -0.2) is 16.4 Å². The minimum atomic E-state index is -2.89. The van der Waals surface area contributed by atoms with Gasteiger partial charge in [0.05, 0.1) is 11.2 Å². The lowest BCUT2D eigenvalue weighted by Crippen LogP contribution is -2.22. The molecule has 0 unspecified atom stereocenters. The van der Waals surface area contributed by atoms with Crippen molar-refractivity contribution in [2.45, 2.75) is 32.9 Å². The highest BCUT2D eigenvalue weighted by Gasteiger charge is 2.20. The number of alkyl halides is 2. The fourth-order valence-electron chi connectivity index (χ4n) is 1.80. The Balaban J connectivity index is 2.49. The van der Waals surface area contributed by atoms with Gasteiger partial charge in [-0.2, -0.15) is 13.9 Å². The molecule has 2 aromatic rings. The van der Waals surface area contributed by atoms with E-state index in [-0.39, 0.29) is 11.3 Å². The molecule has 4 nitrogen and oxygen atoms in total. The summed E-state index contributed by atoms with van der Waals surface area (Å²) in [6.07, 6.45) is 1.69. The van der Waals surface area contributed by atoms with Gasteiger partial charge in [-0.05, 0) is 32.9 Å². The molecule has 2 rings (SSSR count). The smallest absolute Gasteiger partial charge is 0.387 e. The van der Waals surface area contributed by atoms with Crippen LogP contribution in [0.5, 0.6) is 5.75 Å². The molecule has 6 heteroatoms. The van der Waals surface area contributed by atoms with Gasteiger partial charge >= 0.3 is 6.61 Å². The molecule has 0 aliphatic rings. The second-order valence-electron chi connectivity index (χ2n) is 5.42. The molecule has 0 aliphatic heterocycles. The summed E-state index contributed by atoms with van der Waals surface area (Å²) in [5, 5.41) is 4.39. The summed E-state index contributed by atoms with van der Waals surface area (Å²) in [5.74, 6) is 0.0633. The first-order valence-electron chi connectivity index (χ1n) is 6.19. The SMILES string of the molecule is CC(C)(C)n1cc(N)c(-c2ccccc2OC(F)F)n1. The average Bonchev–Trinajstić information content (AvgIpc) is 2.71. The molecule has 0 atom stereocenters. The van der Waals surface area contributed by atoms with Gasteiger partial charge in [-0.3, -0.25) is 4.68 Å². The number of hydrogen-bond acceptors (Lipinski definition) is 3. The maximum Gasteiger partial charge on any atom is 0.387 e. The molecule has 0 spiro atoms. The van der Waals surface area contributed by atoms with Gasteiger partial charge in [-0.1, -0.05) is 12.1 Å². The standard InChI is InChI=1S/C14H17F2N3O/c1-14(2,3)19-8-10(17)12(18-19)9-6-4-5-7-11(9)20-13(15)16/h4-8,13H,17H2,1-3H3. The zero-order chi connectivity index (χ0) is 14.9. The molecule has 0 radical (unpaired) electrons. The molecule has 0 amide bonds. The number of ether oxygens (including phenoxy) is 1. The van der Waals surface area contributed by atoms with E-state index in [9.17, 15) is 8.78 Å². The molecule has 108 valence electrons. The second kappa shape index (κ2) is 5.11. The van der Waals surface area contributed by atoms with Crippen LogP contribution in [0.4, 0.5) is 14.5 Å². The van der Waals surface area contributed by atoms with Crippen molar-refractivity contribution in [1.29, 1.82) is 0 Å². The van der Waals surface area contributed by atoms with Gasteiger partial charge in [0.15, 0.2) is 0 Å². The number of benzene rings is 1. The molecule has 0 aliphatic carbocycles. The van der Waals surface area contributed by atoms with Crippen LogP contribution in [0.15, 0.2) is 30.5 Å². The highest BCUT2D eigenvalue weighted by Crippen LogP contribution is 2.34. The van der Waals surface area contributed by atoms with Crippen molar-refractivity contribution in [2.75, 3.05) is 5.73 Å². The average molecular weight is 281 g/mol. The predicted octanol–water partition coefficient (Wildman–Crippen LogP) is 3.49. The van der Waals surface area contributed by atoms with E-state index in [0.29, 0.717) is 16.9 Å². The maximum absolute atomic E-state index is 12.4. The van der Waals surface area contributed by atoms with Gasteiger partial charge in [-0.25, -0.2) is 0 Å². The van der Waals surface area contributed by atoms with Gasteiger partial charge < -0.3 is 10.5 Å². The molecule has 0 fully saturated rings. The van der Waals surface area contributed by atoms with Crippen molar-refractivity contribution < 1.29 is 13.5 Å². The fraction of sp³-hybridized carbons (Fsp3) is 0.357. The fourth-order valence-corrected chi connectivity index (χ4v) is 1.80. The number of hydrogen-bond donors (Lipinski definition) is 1. The van der Waals surface area contributed by atoms with Crippen LogP contribution in [0.1, 0.15) is 20.8 Å². The van der Waals surface area contributed by atoms with E-state index in [2.05, 4.69) is 9.84 Å². The molecule has 1 aromatic carbocycles. The van der Waals surface area contributed by atoms with E-state index < -0.39 is 6.61 Å². The van der Waals surface area contributed by atoms with E-state index in [4.69, 9.17) is 5.73 Å². The van der Waals surface area contributed by atoms with E-state index in [0.717, 1.165) is 0 Å². The summed E-state index contributed by atoms with van der Waals surface area (Å²) in [6, 6.07) is 6.47. The Morgan fingerprint density at radius 2 is 1.90 bits per heavy atom. The van der Waals surface area contributed by atoms with Crippen molar-refractivity contribution in [3.63, 3.8) is 0 Å². The summed E-state index contributed by atoms with van der Waals surface area (Å²) in [7, 11) is 0. The van der Waals surface area contributed by atoms with E-state index in [1.54, 1.807) is 29.1 Å². The maximum atomic E-state index is 12.4. The summed E-state index contributed by atoms with van der Waals surface area (Å²) < 4.78 is 31.1. The molecule has 1 heterocycles. The van der Waals surface area contributed by atoms with Gasteiger partial charge in [0.25, 0.3) is 0 Å². The third kappa shape index (κ3) is 2.89. The Hall–Kier alpha value is -2.11. The Bertz CT molecular complexity index is 603.